The van der Waals surface area contributed by atoms with E-state index in [0.717, 1.165) is 11.8 Å². The highest BCUT2D eigenvalue weighted by molar-refractivity contribution is 7.92. The van der Waals surface area contributed by atoms with Gasteiger partial charge in [-0.1, -0.05) is 30.3 Å². The van der Waals surface area contributed by atoms with Crippen LogP contribution in [-0.2, 0) is 19.6 Å². The number of hydrogen-bond acceptors (Lipinski definition) is 6. The molecule has 0 saturated heterocycles. The molecule has 0 bridgehead atoms. The quantitative estimate of drug-likeness (QED) is 0.643. The van der Waals surface area contributed by atoms with Crippen molar-refractivity contribution in [2.75, 3.05) is 18.1 Å². The third kappa shape index (κ3) is 5.60. The van der Waals surface area contributed by atoms with Crippen LogP contribution < -0.4 is 9.46 Å². The summed E-state index contributed by atoms with van der Waals surface area (Å²) in [5.41, 5.74) is 2.20. The molecule has 9 nitrogen and oxygen atoms in total. The van der Waals surface area contributed by atoms with Crippen molar-refractivity contribution in [2.45, 2.75) is 25.3 Å². The molecule has 3 rings (SSSR count). The lowest BCUT2D eigenvalue weighted by molar-refractivity contribution is -0.141. The fourth-order valence-corrected chi connectivity index (χ4v) is 3.94. The second-order valence-electron chi connectivity index (χ2n) is 7.10. The number of amides is 1. The average molecular weight is 445 g/mol. The Morgan fingerprint density at radius 1 is 1.19 bits per heavy atom. The maximum absolute atomic E-state index is 12.8. The highest BCUT2D eigenvalue weighted by Crippen LogP contribution is 2.36. The number of para-hydroxylation sites is 1. The maximum Gasteiger partial charge on any atom is 0.303 e. The highest BCUT2D eigenvalue weighted by Gasteiger charge is 2.34. The Labute approximate surface area is 180 Å². The Bertz CT molecular complexity index is 1130. The molecule has 1 atom stereocenters. The molecule has 0 aromatic heterocycles. The molecule has 1 amide bonds. The van der Waals surface area contributed by atoms with Crippen LogP contribution in [0.2, 0.25) is 0 Å². The molecule has 2 aromatic carbocycles. The number of benzene rings is 2. The number of rotatable bonds is 8. The van der Waals surface area contributed by atoms with Gasteiger partial charge < -0.3 is 9.84 Å². The van der Waals surface area contributed by atoms with Gasteiger partial charge in [-0.15, -0.1) is 0 Å². The van der Waals surface area contributed by atoms with Gasteiger partial charge in [-0.05, 0) is 23.8 Å². The zero-order valence-electron chi connectivity index (χ0n) is 17.1. The summed E-state index contributed by atoms with van der Waals surface area (Å²) in [4.78, 5) is 23.7. The van der Waals surface area contributed by atoms with Crippen molar-refractivity contribution < 1.29 is 27.9 Å². The van der Waals surface area contributed by atoms with Crippen molar-refractivity contribution in [2.24, 2.45) is 5.10 Å². The van der Waals surface area contributed by atoms with Gasteiger partial charge in [0.1, 0.15) is 5.75 Å². The Balaban J connectivity index is 2.00. The zero-order valence-corrected chi connectivity index (χ0v) is 17.9. The van der Waals surface area contributed by atoms with Crippen LogP contribution in [0.3, 0.4) is 0 Å². The molecule has 2 aromatic rings. The SMILES string of the molecule is COc1cccc([C@@H]2CC(c3ccccc3NS(C)(=O)=O)=NN2C(=O)CCC(=O)O)c1. The number of ether oxygens (including phenoxy) is 1. The third-order valence-electron chi connectivity index (χ3n) is 4.73. The lowest BCUT2D eigenvalue weighted by Crippen LogP contribution is -2.27. The molecule has 2 N–H and O–H groups in total. The van der Waals surface area contributed by atoms with Gasteiger partial charge in [-0.3, -0.25) is 14.3 Å². The normalized spacial score (nSPS) is 16.0. The van der Waals surface area contributed by atoms with Crippen molar-refractivity contribution in [1.82, 2.24) is 5.01 Å². The first kappa shape index (κ1) is 22.3. The number of carbonyl (C=O) groups is 2. The smallest absolute Gasteiger partial charge is 0.303 e. The Hall–Kier alpha value is -3.40. The predicted octanol–water partition coefficient (Wildman–Crippen LogP) is 2.61. The summed E-state index contributed by atoms with van der Waals surface area (Å²) < 4.78 is 31.3. The molecule has 1 heterocycles. The van der Waals surface area contributed by atoms with E-state index in [0.29, 0.717) is 29.1 Å². The number of nitrogens with zero attached hydrogens (tertiary/aromatic N) is 2. The summed E-state index contributed by atoms with van der Waals surface area (Å²) in [6, 6.07) is 13.5. The van der Waals surface area contributed by atoms with Gasteiger partial charge in [0.2, 0.25) is 15.9 Å². The lowest BCUT2D eigenvalue weighted by atomic mass is 9.97. The van der Waals surface area contributed by atoms with E-state index in [2.05, 4.69) is 9.82 Å². The van der Waals surface area contributed by atoms with Gasteiger partial charge in [0.15, 0.2) is 0 Å². The van der Waals surface area contributed by atoms with Crippen LogP contribution >= 0.6 is 0 Å². The van der Waals surface area contributed by atoms with Crippen molar-refractivity contribution >= 4 is 33.3 Å². The first-order chi connectivity index (χ1) is 14.7. The number of carbonyl (C=O) groups excluding carboxylic acids is 1. The molecular weight excluding hydrogens is 422 g/mol. The van der Waals surface area contributed by atoms with E-state index in [9.17, 15) is 18.0 Å². The number of anilines is 1. The van der Waals surface area contributed by atoms with Crippen molar-refractivity contribution in [3.05, 3.63) is 59.7 Å². The molecule has 10 heteroatoms. The van der Waals surface area contributed by atoms with Gasteiger partial charge in [0.25, 0.3) is 0 Å². The van der Waals surface area contributed by atoms with Crippen molar-refractivity contribution in [3.63, 3.8) is 0 Å². The first-order valence-corrected chi connectivity index (χ1v) is 11.4. The summed E-state index contributed by atoms with van der Waals surface area (Å²) >= 11 is 0. The van der Waals surface area contributed by atoms with Gasteiger partial charge in [-0.2, -0.15) is 5.10 Å². The first-order valence-electron chi connectivity index (χ1n) is 9.50. The highest BCUT2D eigenvalue weighted by atomic mass is 32.2. The van der Waals surface area contributed by atoms with Crippen LogP contribution in [0.5, 0.6) is 5.75 Å². The van der Waals surface area contributed by atoms with E-state index in [1.807, 2.05) is 6.07 Å². The van der Waals surface area contributed by atoms with Crippen LogP contribution in [0.1, 0.15) is 36.4 Å². The zero-order chi connectivity index (χ0) is 22.6. The van der Waals surface area contributed by atoms with Crippen molar-refractivity contribution in [1.29, 1.82) is 0 Å². The lowest BCUT2D eigenvalue weighted by Gasteiger charge is -2.22. The summed E-state index contributed by atoms with van der Waals surface area (Å²) in [7, 11) is -1.98. The number of carboxylic acid groups (broad SMARTS) is 1. The maximum atomic E-state index is 12.8. The molecule has 0 spiro atoms. The number of hydrazone groups is 1. The Kier molecular flexibility index (Phi) is 6.59. The monoisotopic (exact) mass is 445 g/mol. The fourth-order valence-electron chi connectivity index (χ4n) is 3.36. The van der Waals surface area contributed by atoms with Crippen LogP contribution in [0, 0.1) is 0 Å². The predicted molar refractivity (Wildman–Crippen MR) is 116 cm³/mol. The van der Waals surface area contributed by atoms with E-state index in [-0.39, 0.29) is 12.8 Å². The molecule has 1 aliphatic rings. The van der Waals surface area contributed by atoms with Crippen LogP contribution in [0.15, 0.2) is 53.6 Å². The summed E-state index contributed by atoms with van der Waals surface area (Å²) in [5.74, 6) is -0.890. The molecule has 0 radical (unpaired) electrons. The molecule has 0 unspecified atom stereocenters. The number of sulfonamides is 1. The van der Waals surface area contributed by atoms with E-state index in [1.54, 1.807) is 49.6 Å². The second kappa shape index (κ2) is 9.17. The molecule has 0 saturated carbocycles. The fraction of sp³-hybridized carbons (Fsp3) is 0.286. The van der Waals surface area contributed by atoms with Crippen LogP contribution in [0.4, 0.5) is 5.69 Å². The average Bonchev–Trinajstić information content (AvgIpc) is 3.16. The summed E-state index contributed by atoms with van der Waals surface area (Å²) in [6.45, 7) is 0. The van der Waals surface area contributed by atoms with Crippen LogP contribution in [0.25, 0.3) is 0 Å². The number of aliphatic carboxylic acids is 1. The standard InChI is InChI=1S/C21H23N3O6S/c1-30-15-7-5-6-14(12-15)19-13-18(22-24(19)20(25)10-11-21(26)27)16-8-3-4-9-17(16)23-31(2,28)29/h3-9,12,19,23H,10-11,13H2,1-2H3,(H,26,27)/t19-/m0/s1. The van der Waals surface area contributed by atoms with Gasteiger partial charge in [0, 0.05) is 18.4 Å². The second-order valence-corrected chi connectivity index (χ2v) is 8.84. The van der Waals surface area contributed by atoms with Gasteiger partial charge in [0.05, 0.1) is 37.2 Å². The Morgan fingerprint density at radius 3 is 2.61 bits per heavy atom. The molecule has 164 valence electrons. The summed E-state index contributed by atoms with van der Waals surface area (Å²) in [5, 5.41) is 14.7. The minimum Gasteiger partial charge on any atom is -0.497 e. The molecular formula is C21H23N3O6S. The van der Waals surface area contributed by atoms with E-state index in [1.165, 1.54) is 5.01 Å². The molecule has 0 fully saturated rings. The van der Waals surface area contributed by atoms with Crippen LogP contribution in [-0.4, -0.2) is 49.5 Å². The van der Waals surface area contributed by atoms with E-state index >= 15 is 0 Å². The molecule has 1 aliphatic heterocycles. The largest absolute Gasteiger partial charge is 0.497 e. The number of nitrogens with one attached hydrogen (secondary N) is 1. The third-order valence-corrected chi connectivity index (χ3v) is 5.32. The number of hydrogen-bond donors (Lipinski definition) is 2. The molecule has 31 heavy (non-hydrogen) atoms. The van der Waals surface area contributed by atoms with E-state index < -0.39 is 27.9 Å². The topological polar surface area (TPSA) is 125 Å². The Morgan fingerprint density at radius 2 is 1.94 bits per heavy atom. The number of carboxylic acids is 1. The minimum atomic E-state index is -3.52. The van der Waals surface area contributed by atoms with E-state index in [4.69, 9.17) is 9.84 Å². The molecule has 0 aliphatic carbocycles. The van der Waals surface area contributed by atoms with Crippen molar-refractivity contribution in [3.8, 4) is 5.75 Å². The minimum absolute atomic E-state index is 0.199. The number of methoxy groups -OCH3 is 1. The van der Waals surface area contributed by atoms with Gasteiger partial charge >= 0.3 is 5.97 Å². The van der Waals surface area contributed by atoms with Gasteiger partial charge in [-0.25, -0.2) is 13.4 Å². The summed E-state index contributed by atoms with van der Waals surface area (Å²) in [6.07, 6.45) is 0.877.